The number of nitro benzene ring substituents is 1. The first kappa shape index (κ1) is 31.1. The van der Waals surface area contributed by atoms with Crippen molar-refractivity contribution < 1.29 is 27.7 Å². The van der Waals surface area contributed by atoms with E-state index in [2.05, 4.69) is 5.32 Å². The second kappa shape index (κ2) is 13.8. The van der Waals surface area contributed by atoms with Gasteiger partial charge in [-0.3, -0.25) is 24.0 Å². The molecule has 218 valence electrons. The molecular weight excluding hydrogens is 548 g/mol. The molecule has 2 amide bonds. The summed E-state index contributed by atoms with van der Waals surface area (Å²) in [6.45, 7) is 4.83. The maximum Gasteiger partial charge on any atom is 0.273 e. The lowest BCUT2D eigenvalue weighted by Gasteiger charge is -2.32. The third-order valence-electron chi connectivity index (χ3n) is 6.52. The number of sulfonamides is 1. The molecule has 3 rings (SSSR count). The predicted molar refractivity (Wildman–Crippen MR) is 155 cm³/mol. The minimum atomic E-state index is -4.47. The zero-order valence-electron chi connectivity index (χ0n) is 23.4. The Bertz CT molecular complexity index is 1480. The highest BCUT2D eigenvalue weighted by atomic mass is 32.2. The summed E-state index contributed by atoms with van der Waals surface area (Å²) in [6.07, 6.45) is 0.706. The Kier molecular flexibility index (Phi) is 10.4. The van der Waals surface area contributed by atoms with Crippen LogP contribution in [0.5, 0.6) is 5.75 Å². The van der Waals surface area contributed by atoms with Crippen molar-refractivity contribution in [3.8, 4) is 5.75 Å². The normalized spacial score (nSPS) is 11.8. The number of methoxy groups -OCH3 is 1. The number of aryl methyl sites for hydroxylation is 1. The molecule has 0 radical (unpaired) electrons. The van der Waals surface area contributed by atoms with Crippen molar-refractivity contribution in [1.82, 2.24) is 10.2 Å². The van der Waals surface area contributed by atoms with Gasteiger partial charge < -0.3 is 15.0 Å². The fourth-order valence-electron chi connectivity index (χ4n) is 4.11. The molecule has 0 fully saturated rings. The highest BCUT2D eigenvalue weighted by molar-refractivity contribution is 7.92. The van der Waals surface area contributed by atoms with Gasteiger partial charge in [0, 0.05) is 24.7 Å². The van der Waals surface area contributed by atoms with E-state index in [0.29, 0.717) is 24.3 Å². The molecule has 0 unspecified atom stereocenters. The predicted octanol–water partition coefficient (Wildman–Crippen LogP) is 4.05. The van der Waals surface area contributed by atoms with Gasteiger partial charge in [-0.05, 0) is 56.2 Å². The van der Waals surface area contributed by atoms with E-state index in [1.165, 1.54) is 43.2 Å². The summed E-state index contributed by atoms with van der Waals surface area (Å²) in [5.74, 6) is -0.534. The molecule has 0 aliphatic carbocycles. The summed E-state index contributed by atoms with van der Waals surface area (Å²) < 4.78 is 34.0. The van der Waals surface area contributed by atoms with Gasteiger partial charge in [0.25, 0.3) is 15.7 Å². The Morgan fingerprint density at radius 3 is 2.29 bits per heavy atom. The van der Waals surface area contributed by atoms with E-state index >= 15 is 0 Å². The number of carbonyl (C=O) groups is 2. The number of rotatable bonds is 13. The summed E-state index contributed by atoms with van der Waals surface area (Å²) in [5, 5.41) is 14.3. The lowest BCUT2D eigenvalue weighted by molar-refractivity contribution is -0.385. The van der Waals surface area contributed by atoms with Crippen molar-refractivity contribution in [2.24, 2.45) is 0 Å². The number of nitro groups is 1. The van der Waals surface area contributed by atoms with Crippen LogP contribution in [0, 0.1) is 17.0 Å². The topological polar surface area (TPSA) is 139 Å². The molecule has 3 aromatic carbocycles. The summed E-state index contributed by atoms with van der Waals surface area (Å²) in [7, 11) is -3.00. The maximum atomic E-state index is 14.0. The molecule has 0 spiro atoms. The van der Waals surface area contributed by atoms with Gasteiger partial charge in [-0.25, -0.2) is 8.42 Å². The van der Waals surface area contributed by atoms with Crippen molar-refractivity contribution in [3.63, 3.8) is 0 Å². The first-order valence-corrected chi connectivity index (χ1v) is 14.5. The smallest absolute Gasteiger partial charge is 0.273 e. The van der Waals surface area contributed by atoms with Crippen molar-refractivity contribution in [2.75, 3.05) is 24.5 Å². The number of nitrogens with one attached hydrogen (secondary N) is 1. The average Bonchev–Trinajstić information content (AvgIpc) is 2.97. The van der Waals surface area contributed by atoms with E-state index in [0.717, 1.165) is 15.9 Å². The molecule has 0 saturated heterocycles. The van der Waals surface area contributed by atoms with E-state index in [1.807, 2.05) is 13.0 Å². The van der Waals surface area contributed by atoms with Crippen LogP contribution in [0.4, 0.5) is 11.4 Å². The zero-order chi connectivity index (χ0) is 30.2. The molecule has 12 heteroatoms. The van der Waals surface area contributed by atoms with Crippen LogP contribution >= 0.6 is 0 Å². The number of carbonyl (C=O) groups excluding carboxylic acids is 2. The van der Waals surface area contributed by atoms with Crippen LogP contribution in [0.3, 0.4) is 0 Å². The van der Waals surface area contributed by atoms with E-state index in [4.69, 9.17) is 4.74 Å². The van der Waals surface area contributed by atoms with Crippen LogP contribution in [-0.2, 0) is 26.2 Å². The SMILES string of the molecule is CCCNC(=O)[C@@H](C)N(Cc1ccccc1)C(=O)CN(c1ccc(OC)cc1)S(=O)(=O)c1ccc(C)c([N+](=O)[O-])c1. The highest BCUT2D eigenvalue weighted by Gasteiger charge is 2.33. The number of benzene rings is 3. The van der Waals surface area contributed by atoms with Crippen molar-refractivity contribution >= 4 is 33.2 Å². The van der Waals surface area contributed by atoms with Crippen LogP contribution in [-0.4, -0.2) is 56.3 Å². The molecule has 0 aromatic heterocycles. The van der Waals surface area contributed by atoms with Crippen LogP contribution in [0.25, 0.3) is 0 Å². The lowest BCUT2D eigenvalue weighted by Crippen LogP contribution is -2.51. The molecule has 3 aromatic rings. The van der Waals surface area contributed by atoms with Gasteiger partial charge >= 0.3 is 0 Å². The van der Waals surface area contributed by atoms with Crippen LogP contribution in [0.1, 0.15) is 31.4 Å². The molecule has 11 nitrogen and oxygen atoms in total. The molecule has 1 atom stereocenters. The van der Waals surface area contributed by atoms with Crippen LogP contribution in [0.15, 0.2) is 77.7 Å². The van der Waals surface area contributed by atoms with Gasteiger partial charge in [-0.15, -0.1) is 0 Å². The standard InChI is InChI=1S/C29H34N4O7S/c1-5-17-30-29(35)22(3)31(19-23-9-7-6-8-10-23)28(34)20-32(24-12-14-25(40-4)15-13-24)41(38,39)26-16-11-21(2)27(18-26)33(36)37/h6-16,18,22H,5,17,19-20H2,1-4H3,(H,30,35)/t22-/m1/s1. The summed E-state index contributed by atoms with van der Waals surface area (Å²) in [4.78, 5) is 38.7. The van der Waals surface area contributed by atoms with Gasteiger partial charge in [-0.2, -0.15) is 0 Å². The van der Waals surface area contributed by atoms with Gasteiger partial charge in [-0.1, -0.05) is 43.3 Å². The molecule has 0 aliphatic heterocycles. The minimum Gasteiger partial charge on any atom is -0.497 e. The third-order valence-corrected chi connectivity index (χ3v) is 8.29. The average molecular weight is 583 g/mol. The Balaban J connectivity index is 2.07. The second-order valence-corrected chi connectivity index (χ2v) is 11.3. The number of amides is 2. The molecular formula is C29H34N4O7S. The molecule has 0 heterocycles. The lowest BCUT2D eigenvalue weighted by atomic mass is 10.1. The van der Waals surface area contributed by atoms with E-state index in [1.54, 1.807) is 43.3 Å². The summed E-state index contributed by atoms with van der Waals surface area (Å²) in [6, 6.07) is 17.8. The quantitative estimate of drug-likeness (QED) is 0.237. The third kappa shape index (κ3) is 7.60. The second-order valence-electron chi connectivity index (χ2n) is 9.39. The molecule has 0 bridgehead atoms. The summed E-state index contributed by atoms with van der Waals surface area (Å²) in [5.41, 5.74) is 0.829. The molecule has 41 heavy (non-hydrogen) atoms. The highest BCUT2D eigenvalue weighted by Crippen LogP contribution is 2.29. The molecule has 0 saturated carbocycles. The monoisotopic (exact) mass is 582 g/mol. The fraction of sp³-hybridized carbons (Fsp3) is 0.310. The number of hydrogen-bond acceptors (Lipinski definition) is 7. The first-order valence-electron chi connectivity index (χ1n) is 13.0. The van der Waals surface area contributed by atoms with Gasteiger partial charge in [0.05, 0.1) is 22.6 Å². The Hall–Kier alpha value is -4.45. The number of ether oxygens (including phenoxy) is 1. The largest absolute Gasteiger partial charge is 0.497 e. The van der Waals surface area contributed by atoms with E-state index in [-0.39, 0.29) is 28.7 Å². The fourth-order valence-corrected chi connectivity index (χ4v) is 5.54. The number of anilines is 1. The van der Waals surface area contributed by atoms with Crippen molar-refractivity contribution in [2.45, 2.75) is 44.7 Å². The molecule has 1 N–H and O–H groups in total. The Morgan fingerprint density at radius 2 is 1.71 bits per heavy atom. The Morgan fingerprint density at radius 1 is 1.05 bits per heavy atom. The van der Waals surface area contributed by atoms with Crippen molar-refractivity contribution in [1.29, 1.82) is 0 Å². The number of nitrogens with zero attached hydrogens (tertiary/aromatic N) is 3. The van der Waals surface area contributed by atoms with Crippen LogP contribution in [0.2, 0.25) is 0 Å². The van der Waals surface area contributed by atoms with Gasteiger partial charge in [0.2, 0.25) is 11.8 Å². The van der Waals surface area contributed by atoms with Crippen molar-refractivity contribution in [3.05, 3.63) is 94.0 Å². The summed E-state index contributed by atoms with van der Waals surface area (Å²) >= 11 is 0. The van der Waals surface area contributed by atoms with E-state index in [9.17, 15) is 28.1 Å². The van der Waals surface area contributed by atoms with Crippen LogP contribution < -0.4 is 14.4 Å². The van der Waals surface area contributed by atoms with Gasteiger partial charge in [0.1, 0.15) is 18.3 Å². The number of hydrogen-bond donors (Lipinski definition) is 1. The molecule has 0 aliphatic rings. The van der Waals surface area contributed by atoms with Gasteiger partial charge in [0.15, 0.2) is 0 Å². The Labute approximate surface area is 239 Å². The minimum absolute atomic E-state index is 0.0624. The van der Waals surface area contributed by atoms with E-state index < -0.39 is 33.4 Å². The zero-order valence-corrected chi connectivity index (χ0v) is 24.3. The first-order chi connectivity index (χ1) is 19.5. The maximum absolute atomic E-state index is 14.0.